The molecule has 0 fully saturated rings. The number of H-pyrrole nitrogens is 1. The van der Waals surface area contributed by atoms with Gasteiger partial charge in [0.15, 0.2) is 5.69 Å². The number of nitrogens with one attached hydrogen (secondary N) is 1. The summed E-state index contributed by atoms with van der Waals surface area (Å²) in [7, 11) is 0. The number of hydrogen-bond donors (Lipinski definition) is 3. The van der Waals surface area contributed by atoms with E-state index in [1.54, 1.807) is 18.2 Å². The fraction of sp³-hybridized carbons (Fsp3) is 0. The third-order valence-electron chi connectivity index (χ3n) is 3.56. The van der Waals surface area contributed by atoms with Gasteiger partial charge >= 0.3 is 5.95 Å². The van der Waals surface area contributed by atoms with E-state index in [-0.39, 0.29) is 23.3 Å². The van der Waals surface area contributed by atoms with Gasteiger partial charge in [-0.15, -0.1) is 25.2 Å². The predicted octanol–water partition coefficient (Wildman–Crippen LogP) is 3.78. The first kappa shape index (κ1) is 13.9. The van der Waals surface area contributed by atoms with E-state index >= 15 is 0 Å². The van der Waals surface area contributed by atoms with Crippen molar-refractivity contribution in [2.24, 2.45) is 10.2 Å². The number of azo groups is 1. The van der Waals surface area contributed by atoms with E-state index in [1.807, 2.05) is 36.4 Å². The Bertz CT molecular complexity index is 1040. The van der Waals surface area contributed by atoms with Crippen molar-refractivity contribution in [2.75, 3.05) is 0 Å². The number of benzene rings is 2. The Morgan fingerprint density at radius 2 is 1.67 bits per heavy atom. The van der Waals surface area contributed by atoms with Crippen molar-refractivity contribution in [3.05, 3.63) is 54.6 Å². The van der Waals surface area contributed by atoms with Gasteiger partial charge in [0.2, 0.25) is 11.7 Å². The minimum atomic E-state index is -0.104. The molecule has 4 rings (SSSR count). The van der Waals surface area contributed by atoms with Crippen molar-refractivity contribution in [1.82, 2.24) is 19.9 Å². The highest BCUT2D eigenvalue weighted by Gasteiger charge is 2.14. The van der Waals surface area contributed by atoms with Crippen molar-refractivity contribution in [2.45, 2.75) is 0 Å². The lowest BCUT2D eigenvalue weighted by Crippen LogP contribution is -1.93. The normalized spacial score (nSPS) is 11.5. The topological polar surface area (TPSA) is 112 Å². The van der Waals surface area contributed by atoms with Gasteiger partial charge in [-0.05, 0) is 6.07 Å². The van der Waals surface area contributed by atoms with Crippen LogP contribution in [-0.2, 0) is 0 Å². The molecular weight excluding hydrogens is 308 g/mol. The predicted molar refractivity (Wildman–Crippen MR) is 86.8 cm³/mol. The van der Waals surface area contributed by atoms with Gasteiger partial charge in [-0.3, -0.25) is 0 Å². The minimum Gasteiger partial charge on any atom is -0.493 e. The molecule has 0 saturated carbocycles. The molecule has 0 atom stereocenters. The Morgan fingerprint density at radius 1 is 0.917 bits per heavy atom. The average molecular weight is 320 g/mol. The molecule has 8 nitrogen and oxygen atoms in total. The Kier molecular flexibility index (Phi) is 3.20. The number of rotatable bonds is 3. The molecule has 0 saturated heterocycles. The summed E-state index contributed by atoms with van der Waals surface area (Å²) in [4.78, 5) is 2.81. The molecule has 8 heteroatoms. The van der Waals surface area contributed by atoms with Gasteiger partial charge in [-0.2, -0.15) is 0 Å². The van der Waals surface area contributed by atoms with Gasteiger partial charge in [0.1, 0.15) is 0 Å². The van der Waals surface area contributed by atoms with Gasteiger partial charge in [0.05, 0.1) is 5.52 Å². The molecule has 0 bridgehead atoms. The second-order valence-corrected chi connectivity index (χ2v) is 5.07. The van der Waals surface area contributed by atoms with Crippen molar-refractivity contribution in [1.29, 1.82) is 0 Å². The third kappa shape index (κ3) is 2.26. The maximum absolute atomic E-state index is 10.2. The monoisotopic (exact) mass is 320 g/mol. The smallest absolute Gasteiger partial charge is 0.303 e. The summed E-state index contributed by atoms with van der Waals surface area (Å²) in [5, 5.41) is 36.4. The number of aromatic hydroxyl groups is 1. The van der Waals surface area contributed by atoms with E-state index < -0.39 is 0 Å². The maximum atomic E-state index is 10.2. The third-order valence-corrected chi connectivity index (χ3v) is 3.56. The molecule has 0 spiro atoms. The van der Waals surface area contributed by atoms with E-state index in [9.17, 15) is 10.3 Å². The van der Waals surface area contributed by atoms with Crippen molar-refractivity contribution in [3.63, 3.8) is 0 Å². The van der Waals surface area contributed by atoms with Crippen LogP contribution in [-0.4, -0.2) is 30.2 Å². The molecule has 0 unspecified atom stereocenters. The summed E-state index contributed by atoms with van der Waals surface area (Å²) in [5.41, 5.74) is 1.71. The van der Waals surface area contributed by atoms with Crippen LogP contribution in [0.1, 0.15) is 0 Å². The molecule has 2 heterocycles. The molecule has 24 heavy (non-hydrogen) atoms. The summed E-state index contributed by atoms with van der Waals surface area (Å²) in [5.74, 6) is 0.0680. The number of nitrogens with zero attached hydrogens (tertiary/aromatic N) is 5. The zero-order valence-corrected chi connectivity index (χ0v) is 12.3. The van der Waals surface area contributed by atoms with Crippen LogP contribution in [0.15, 0.2) is 64.8 Å². The van der Waals surface area contributed by atoms with Crippen LogP contribution in [0.4, 0.5) is 11.6 Å². The highest BCUT2D eigenvalue weighted by molar-refractivity contribution is 5.94. The first-order chi connectivity index (χ1) is 11.7. The van der Waals surface area contributed by atoms with Gasteiger partial charge in [-0.1, -0.05) is 48.5 Å². The Morgan fingerprint density at radius 3 is 2.50 bits per heavy atom. The fourth-order valence-electron chi connectivity index (χ4n) is 2.41. The van der Waals surface area contributed by atoms with Crippen molar-refractivity contribution in [3.8, 4) is 17.3 Å². The Balaban J connectivity index is 1.72. The zero-order chi connectivity index (χ0) is 16.5. The van der Waals surface area contributed by atoms with Crippen LogP contribution in [0, 0.1) is 0 Å². The van der Waals surface area contributed by atoms with E-state index in [2.05, 4.69) is 25.4 Å². The summed E-state index contributed by atoms with van der Waals surface area (Å²) < 4.78 is 0.755. The van der Waals surface area contributed by atoms with E-state index in [1.165, 1.54) is 0 Å². The lowest BCUT2D eigenvalue weighted by molar-refractivity contribution is 0.193. The van der Waals surface area contributed by atoms with Gasteiger partial charge in [-0.25, -0.2) is 0 Å². The number of aromatic nitrogens is 4. The fourth-order valence-corrected chi connectivity index (χ4v) is 2.41. The van der Waals surface area contributed by atoms with Crippen LogP contribution in [0.2, 0.25) is 0 Å². The molecular formula is C16H12N6O2. The molecule has 0 radical (unpaired) electrons. The summed E-state index contributed by atoms with van der Waals surface area (Å²) in [6.07, 6.45) is 0. The van der Waals surface area contributed by atoms with Gasteiger partial charge in [0, 0.05) is 10.9 Å². The molecule has 2 aromatic heterocycles. The average Bonchev–Trinajstić information content (AvgIpc) is 3.13. The standard InChI is InChI=1S/C16H12N6O2/c23-15-13(11-8-4-5-9-12(11)17-15)18-20-16-21-19-14(22(16)24)10-6-2-1-3-7-10/h1-9,17,23-24H. The number of aromatic amines is 1. The number of hydrogen-bond acceptors (Lipinski definition) is 6. The number of para-hydroxylation sites is 1. The molecule has 3 N–H and O–H groups in total. The van der Waals surface area contributed by atoms with Gasteiger partial charge in [0.25, 0.3) is 0 Å². The second kappa shape index (κ2) is 5.51. The molecule has 118 valence electrons. The van der Waals surface area contributed by atoms with Crippen LogP contribution >= 0.6 is 0 Å². The quantitative estimate of drug-likeness (QED) is 0.394. The van der Waals surface area contributed by atoms with Crippen LogP contribution < -0.4 is 0 Å². The highest BCUT2D eigenvalue weighted by Crippen LogP contribution is 2.36. The van der Waals surface area contributed by atoms with Crippen molar-refractivity contribution >= 4 is 22.5 Å². The largest absolute Gasteiger partial charge is 0.493 e. The van der Waals surface area contributed by atoms with Gasteiger partial charge < -0.3 is 15.3 Å². The van der Waals surface area contributed by atoms with E-state index in [0.29, 0.717) is 10.9 Å². The zero-order valence-electron chi connectivity index (χ0n) is 12.3. The molecule has 2 aromatic carbocycles. The minimum absolute atomic E-state index is 0.0847. The van der Waals surface area contributed by atoms with Crippen LogP contribution in [0.5, 0.6) is 5.88 Å². The van der Waals surface area contributed by atoms with E-state index in [0.717, 1.165) is 10.2 Å². The van der Waals surface area contributed by atoms with Crippen LogP contribution in [0.3, 0.4) is 0 Å². The highest BCUT2D eigenvalue weighted by atomic mass is 16.5. The van der Waals surface area contributed by atoms with E-state index in [4.69, 9.17) is 0 Å². The lowest BCUT2D eigenvalue weighted by Gasteiger charge is -1.98. The molecule has 0 aliphatic heterocycles. The van der Waals surface area contributed by atoms with Crippen LogP contribution in [0.25, 0.3) is 22.3 Å². The number of fused-ring (bicyclic) bond motifs is 1. The summed E-state index contributed by atoms with van der Waals surface area (Å²) in [6.45, 7) is 0. The molecule has 0 aliphatic carbocycles. The first-order valence-corrected chi connectivity index (χ1v) is 7.15. The molecule has 0 aliphatic rings. The molecule has 0 amide bonds. The van der Waals surface area contributed by atoms with Crippen molar-refractivity contribution < 1.29 is 10.3 Å². The Labute approximate surface area is 135 Å². The summed E-state index contributed by atoms with van der Waals surface area (Å²) >= 11 is 0. The Hall–Kier alpha value is -3.68. The lowest BCUT2D eigenvalue weighted by atomic mass is 10.2. The maximum Gasteiger partial charge on any atom is 0.303 e. The first-order valence-electron chi connectivity index (χ1n) is 7.15. The summed E-state index contributed by atoms with van der Waals surface area (Å²) in [6, 6.07) is 16.4. The second-order valence-electron chi connectivity index (χ2n) is 5.07. The SMILES string of the molecule is Oc1[nH]c2ccccc2c1N=Nc1nnc(-c2ccccc2)n1O. The molecule has 4 aromatic rings.